The molecule has 0 N–H and O–H groups in total. The van der Waals surface area contributed by atoms with Crippen molar-refractivity contribution in [3.63, 3.8) is 0 Å². The summed E-state index contributed by atoms with van der Waals surface area (Å²) in [5.74, 6) is 2.58. The molecule has 0 unspecified atom stereocenters. The third-order valence-corrected chi connectivity index (χ3v) is 13.1. The van der Waals surface area contributed by atoms with Crippen molar-refractivity contribution in [3.05, 3.63) is 131 Å². The van der Waals surface area contributed by atoms with Crippen LogP contribution in [0.5, 0.6) is 0 Å². The molecular weight excluding hydrogens is 673 g/mol. The highest BCUT2D eigenvalue weighted by molar-refractivity contribution is 7.26. The zero-order valence-electron chi connectivity index (χ0n) is 33.3. The van der Waals surface area contributed by atoms with Crippen molar-refractivity contribution >= 4 is 42.5 Å². The van der Waals surface area contributed by atoms with Crippen LogP contribution in [0.3, 0.4) is 0 Å². The number of imidazole rings is 1. The van der Waals surface area contributed by atoms with Gasteiger partial charge in [-0.15, -0.1) is 11.3 Å². The summed E-state index contributed by atoms with van der Waals surface area (Å²) in [4.78, 5) is 0. The Hall–Kier alpha value is -4.47. The number of hydrogen-bond acceptors (Lipinski definition) is 1. The predicted octanol–water partition coefficient (Wildman–Crippen LogP) is 14.8. The van der Waals surface area contributed by atoms with Crippen LogP contribution >= 0.6 is 11.3 Å². The average Bonchev–Trinajstić information content (AvgIpc) is 3.92. The van der Waals surface area contributed by atoms with E-state index in [2.05, 4.69) is 148 Å². The number of para-hydroxylation sites is 2. The smallest absolute Gasteiger partial charge is 0.219 e. The molecule has 54 heavy (non-hydrogen) atoms. The molecule has 1 aliphatic rings. The monoisotopic (exact) mass is 729 g/mol. The van der Waals surface area contributed by atoms with Gasteiger partial charge in [-0.2, -0.15) is 4.57 Å². The van der Waals surface area contributed by atoms with Crippen LogP contribution in [0.1, 0.15) is 126 Å². The van der Waals surface area contributed by atoms with Crippen molar-refractivity contribution in [3.8, 4) is 28.2 Å². The lowest BCUT2D eigenvalue weighted by molar-refractivity contribution is -0.652. The summed E-state index contributed by atoms with van der Waals surface area (Å²) < 4.78 is 8.21. The highest BCUT2D eigenvalue weighted by Gasteiger charge is 2.36. The average molecular weight is 730 g/mol. The normalized spacial score (nSPS) is 13.8. The third-order valence-electron chi connectivity index (χ3n) is 11.9. The summed E-state index contributed by atoms with van der Waals surface area (Å²) in [5.41, 5.74) is 15.1. The Balaban J connectivity index is 1.57. The molecule has 0 amide bonds. The second-order valence-corrected chi connectivity index (χ2v) is 17.5. The quantitative estimate of drug-likeness (QED) is 0.0875. The van der Waals surface area contributed by atoms with Gasteiger partial charge in [-0.05, 0) is 102 Å². The molecule has 2 nitrogen and oxygen atoms in total. The van der Waals surface area contributed by atoms with E-state index < -0.39 is 0 Å². The minimum atomic E-state index is 0.322. The molecule has 0 spiro atoms. The Labute approximate surface area is 327 Å². The first kappa shape index (κ1) is 36.5. The third kappa shape index (κ3) is 6.43. The molecule has 0 bridgehead atoms. The minimum Gasteiger partial charge on any atom is -0.219 e. The van der Waals surface area contributed by atoms with Gasteiger partial charge in [-0.25, -0.2) is 4.57 Å². The van der Waals surface area contributed by atoms with E-state index in [4.69, 9.17) is 6.58 Å². The lowest BCUT2D eigenvalue weighted by Gasteiger charge is -2.22. The molecular formula is C51H57N2S+. The number of nitrogens with zero attached hydrogens (tertiary/aromatic N) is 2. The fourth-order valence-corrected chi connectivity index (χ4v) is 10.7. The van der Waals surface area contributed by atoms with E-state index in [0.29, 0.717) is 17.8 Å². The molecule has 1 saturated carbocycles. The second kappa shape index (κ2) is 15.3. The minimum absolute atomic E-state index is 0.322. The first-order valence-corrected chi connectivity index (χ1v) is 21.5. The molecule has 2 aromatic heterocycles. The summed E-state index contributed by atoms with van der Waals surface area (Å²) in [6.45, 7) is 19.6. The lowest BCUT2D eigenvalue weighted by Crippen LogP contribution is -2.37. The van der Waals surface area contributed by atoms with E-state index in [-0.39, 0.29) is 0 Å². The molecule has 8 rings (SSSR count). The zero-order chi connectivity index (χ0) is 37.5. The van der Waals surface area contributed by atoms with E-state index in [1.54, 1.807) is 5.56 Å². The Kier molecular flexibility index (Phi) is 10.4. The van der Waals surface area contributed by atoms with E-state index >= 15 is 0 Å². The van der Waals surface area contributed by atoms with Crippen molar-refractivity contribution in [2.24, 2.45) is 0 Å². The van der Waals surface area contributed by atoms with Crippen molar-refractivity contribution < 1.29 is 4.57 Å². The SMILES string of the molecule is C=C(CCC)C[n+]1c(-c2c(CCC)cc(C3CCCC3)c3c2sc2ccccc23)n(-c2c(C(C)C)cc(-c3ccccc3)cc2C(C)C)c2ccccc21. The Morgan fingerprint density at radius 3 is 2.15 bits per heavy atom. The van der Waals surface area contributed by atoms with Gasteiger partial charge in [0.25, 0.3) is 5.82 Å². The molecule has 0 radical (unpaired) electrons. The van der Waals surface area contributed by atoms with Gasteiger partial charge < -0.3 is 0 Å². The van der Waals surface area contributed by atoms with Crippen molar-refractivity contribution in [2.45, 2.75) is 117 Å². The summed E-state index contributed by atoms with van der Waals surface area (Å²) in [7, 11) is 0. The molecule has 5 aromatic carbocycles. The molecule has 7 aromatic rings. The number of hydrogen-bond donors (Lipinski definition) is 0. The maximum absolute atomic E-state index is 4.69. The molecule has 1 aliphatic carbocycles. The molecule has 0 atom stereocenters. The van der Waals surface area contributed by atoms with Gasteiger partial charge in [0, 0.05) is 26.6 Å². The second-order valence-electron chi connectivity index (χ2n) is 16.4. The first-order valence-electron chi connectivity index (χ1n) is 20.7. The molecule has 0 saturated heterocycles. The number of rotatable bonds is 12. The number of benzene rings is 5. The van der Waals surface area contributed by atoms with Crippen molar-refractivity contribution in [1.82, 2.24) is 4.57 Å². The molecule has 1 fully saturated rings. The first-order chi connectivity index (χ1) is 26.3. The van der Waals surface area contributed by atoms with Gasteiger partial charge in [0.2, 0.25) is 0 Å². The van der Waals surface area contributed by atoms with Crippen LogP contribution in [0.4, 0.5) is 0 Å². The fraction of sp³-hybridized carbons (Fsp3) is 0.353. The number of thiophene rings is 1. The van der Waals surface area contributed by atoms with Crippen LogP contribution in [-0.4, -0.2) is 4.57 Å². The summed E-state index contributed by atoms with van der Waals surface area (Å²) in [6.07, 6.45) is 9.54. The van der Waals surface area contributed by atoms with Gasteiger partial charge >= 0.3 is 0 Å². The fourth-order valence-electron chi connectivity index (χ4n) is 9.39. The van der Waals surface area contributed by atoms with E-state index in [9.17, 15) is 0 Å². The number of fused-ring (bicyclic) bond motifs is 4. The van der Waals surface area contributed by atoms with Crippen LogP contribution < -0.4 is 4.57 Å². The highest BCUT2D eigenvalue weighted by Crippen LogP contribution is 2.49. The van der Waals surface area contributed by atoms with E-state index in [1.165, 1.54) is 107 Å². The van der Waals surface area contributed by atoms with Crippen LogP contribution in [0.25, 0.3) is 59.4 Å². The Morgan fingerprint density at radius 1 is 0.796 bits per heavy atom. The van der Waals surface area contributed by atoms with Crippen LogP contribution in [0, 0.1) is 0 Å². The topological polar surface area (TPSA) is 8.81 Å². The van der Waals surface area contributed by atoms with Crippen LogP contribution in [0.15, 0.2) is 109 Å². The molecule has 2 heterocycles. The van der Waals surface area contributed by atoms with Crippen LogP contribution in [-0.2, 0) is 13.0 Å². The maximum Gasteiger partial charge on any atom is 0.297 e. The molecule has 3 heteroatoms. The largest absolute Gasteiger partial charge is 0.297 e. The van der Waals surface area contributed by atoms with Crippen LogP contribution in [0.2, 0.25) is 0 Å². The Bertz CT molecular complexity index is 2440. The standard InChI is InChI=1S/C51H57N2S/c1-8-19-35(7)32-52-44-26-16-17-27-45(44)53(49-41(33(3)4)30-39(31-42(49)34(5)6)36-21-11-10-12-22-36)51(52)47-38(20-9-2)29-43(37-23-13-14-24-37)48-40-25-15-18-28-46(40)54-50(47)48/h10-12,15-18,21-22,25-31,33-34,37H,7-9,13-14,19-20,23-24,32H2,1-6H3/q+1. The van der Waals surface area contributed by atoms with Gasteiger partial charge in [0.05, 0.1) is 10.3 Å². The number of aromatic nitrogens is 2. The zero-order valence-corrected chi connectivity index (χ0v) is 34.2. The number of aryl methyl sites for hydroxylation is 1. The van der Waals surface area contributed by atoms with Gasteiger partial charge in [0.15, 0.2) is 11.0 Å². The summed E-state index contributed by atoms with van der Waals surface area (Å²) >= 11 is 2.02. The highest BCUT2D eigenvalue weighted by atomic mass is 32.1. The Morgan fingerprint density at radius 2 is 1.46 bits per heavy atom. The summed E-state index contributed by atoms with van der Waals surface area (Å²) in [5, 5.41) is 2.92. The lowest BCUT2D eigenvalue weighted by atomic mass is 9.87. The predicted molar refractivity (Wildman–Crippen MR) is 235 cm³/mol. The molecule has 0 aliphatic heterocycles. The van der Waals surface area contributed by atoms with Crippen molar-refractivity contribution in [1.29, 1.82) is 0 Å². The maximum atomic E-state index is 4.69. The van der Waals surface area contributed by atoms with Gasteiger partial charge in [0.1, 0.15) is 12.2 Å². The van der Waals surface area contributed by atoms with E-state index in [0.717, 1.165) is 32.2 Å². The summed E-state index contributed by atoms with van der Waals surface area (Å²) in [6, 6.07) is 37.0. The van der Waals surface area contributed by atoms with E-state index in [1.807, 2.05) is 11.3 Å². The number of allylic oxidation sites excluding steroid dienone is 1. The van der Waals surface area contributed by atoms with Gasteiger partial charge in [-0.3, -0.25) is 0 Å². The van der Waals surface area contributed by atoms with Gasteiger partial charge in [-0.1, -0.05) is 141 Å². The molecule has 276 valence electrons. The van der Waals surface area contributed by atoms with Crippen molar-refractivity contribution in [2.75, 3.05) is 0 Å².